The van der Waals surface area contributed by atoms with Gasteiger partial charge in [-0.2, -0.15) is 0 Å². The Morgan fingerprint density at radius 1 is 1.24 bits per heavy atom. The van der Waals surface area contributed by atoms with Crippen LogP contribution in [0.25, 0.3) is 0 Å². The lowest BCUT2D eigenvalue weighted by Gasteiger charge is -2.15. The Morgan fingerprint density at radius 3 is 2.76 bits per heavy atom. The molecule has 25 heavy (non-hydrogen) atoms. The highest BCUT2D eigenvalue weighted by atomic mass is 32.2. The zero-order valence-corrected chi connectivity index (χ0v) is 15.8. The van der Waals surface area contributed by atoms with Gasteiger partial charge < -0.3 is 4.57 Å². The fourth-order valence-electron chi connectivity index (χ4n) is 3.38. The molecule has 0 unspecified atom stereocenters. The number of ketones is 1. The monoisotopic (exact) mass is 355 g/mol. The number of thioether (sulfide) groups is 1. The second kappa shape index (κ2) is 8.48. The van der Waals surface area contributed by atoms with Gasteiger partial charge in [-0.25, -0.2) is 9.97 Å². The molecule has 0 radical (unpaired) electrons. The summed E-state index contributed by atoms with van der Waals surface area (Å²) in [5, 5.41) is 0.647. The maximum atomic E-state index is 12.6. The zero-order chi connectivity index (χ0) is 17.6. The second-order valence-corrected chi connectivity index (χ2v) is 7.48. The lowest BCUT2D eigenvalue weighted by Crippen LogP contribution is -2.08. The van der Waals surface area contributed by atoms with E-state index in [1.165, 1.54) is 43.1 Å². The number of allylic oxidation sites excluding steroid dienone is 2. The summed E-state index contributed by atoms with van der Waals surface area (Å²) >= 11 is 1.39. The maximum Gasteiger partial charge on any atom is 0.187 e. The van der Waals surface area contributed by atoms with E-state index in [9.17, 15) is 4.79 Å². The summed E-state index contributed by atoms with van der Waals surface area (Å²) < 4.78 is 2.28. The predicted molar refractivity (Wildman–Crippen MR) is 102 cm³/mol. The van der Waals surface area contributed by atoms with E-state index < -0.39 is 0 Å². The van der Waals surface area contributed by atoms with Gasteiger partial charge in [0.2, 0.25) is 0 Å². The number of nitrogens with zero attached hydrogens (tertiary/aromatic N) is 3. The average molecular weight is 356 g/mol. The Hall–Kier alpha value is -1.88. The van der Waals surface area contributed by atoms with E-state index in [1.807, 2.05) is 6.07 Å². The first-order valence-electron chi connectivity index (χ1n) is 8.93. The van der Waals surface area contributed by atoms with Crippen LogP contribution in [0.5, 0.6) is 0 Å². The molecule has 3 rings (SSSR count). The normalized spacial score (nSPS) is 14.4. The van der Waals surface area contributed by atoms with Gasteiger partial charge in [-0.15, -0.1) is 0 Å². The van der Waals surface area contributed by atoms with Crippen LogP contribution in [0.2, 0.25) is 0 Å². The van der Waals surface area contributed by atoms with Crippen LogP contribution in [0.3, 0.4) is 0 Å². The molecule has 132 valence electrons. The van der Waals surface area contributed by atoms with Gasteiger partial charge in [-0.05, 0) is 58.1 Å². The largest absolute Gasteiger partial charge is 0.348 e. The smallest absolute Gasteiger partial charge is 0.187 e. The van der Waals surface area contributed by atoms with Gasteiger partial charge in [0, 0.05) is 35.9 Å². The van der Waals surface area contributed by atoms with Crippen LogP contribution in [-0.2, 0) is 6.54 Å². The third-order valence-electron chi connectivity index (χ3n) is 4.79. The zero-order valence-electron chi connectivity index (χ0n) is 15.0. The minimum absolute atomic E-state index is 0.147. The number of aromatic nitrogens is 3. The predicted octanol–water partition coefficient (Wildman–Crippen LogP) is 4.76. The average Bonchev–Trinajstić information content (AvgIpc) is 2.94. The SMILES string of the molecule is Cc1cc(C(=O)CSc2ncccn2)c(C)n1CCC1=CCCCC1. The first kappa shape index (κ1) is 17.9. The van der Waals surface area contributed by atoms with Crippen molar-refractivity contribution in [3.63, 3.8) is 0 Å². The molecule has 0 fully saturated rings. The van der Waals surface area contributed by atoms with Crippen molar-refractivity contribution >= 4 is 17.5 Å². The Bertz CT molecular complexity index is 765. The molecule has 2 heterocycles. The van der Waals surface area contributed by atoms with Crippen LogP contribution in [0.4, 0.5) is 0 Å². The Kier molecular flexibility index (Phi) is 6.08. The second-order valence-electron chi connectivity index (χ2n) is 6.54. The van der Waals surface area contributed by atoms with Gasteiger partial charge in [0.15, 0.2) is 10.9 Å². The van der Waals surface area contributed by atoms with E-state index in [2.05, 4.69) is 34.5 Å². The quantitative estimate of drug-likeness (QED) is 0.311. The maximum absolute atomic E-state index is 12.6. The van der Waals surface area contributed by atoms with E-state index in [0.29, 0.717) is 10.9 Å². The first-order chi connectivity index (χ1) is 12.1. The molecule has 2 aromatic heterocycles. The van der Waals surface area contributed by atoms with Crippen LogP contribution >= 0.6 is 11.8 Å². The van der Waals surface area contributed by atoms with Gasteiger partial charge in [0.1, 0.15) is 0 Å². The van der Waals surface area contributed by atoms with Gasteiger partial charge in [0.05, 0.1) is 5.75 Å². The van der Waals surface area contributed by atoms with Crippen molar-refractivity contribution in [1.82, 2.24) is 14.5 Å². The molecular weight excluding hydrogens is 330 g/mol. The van der Waals surface area contributed by atoms with Crippen molar-refractivity contribution in [2.45, 2.75) is 57.7 Å². The molecule has 0 amide bonds. The molecule has 1 aliphatic rings. The van der Waals surface area contributed by atoms with Crippen molar-refractivity contribution in [3.05, 3.63) is 53.1 Å². The molecule has 0 aliphatic heterocycles. The topological polar surface area (TPSA) is 47.8 Å². The number of rotatable bonds is 7. The third-order valence-corrected chi connectivity index (χ3v) is 5.67. The molecule has 5 heteroatoms. The highest BCUT2D eigenvalue weighted by Crippen LogP contribution is 2.24. The molecule has 0 atom stereocenters. The molecule has 0 bridgehead atoms. The van der Waals surface area contributed by atoms with Gasteiger partial charge in [-0.3, -0.25) is 4.79 Å². The van der Waals surface area contributed by atoms with Crippen molar-refractivity contribution in [1.29, 1.82) is 0 Å². The number of hydrogen-bond acceptors (Lipinski definition) is 4. The number of hydrogen-bond donors (Lipinski definition) is 0. The highest BCUT2D eigenvalue weighted by Gasteiger charge is 2.16. The summed E-state index contributed by atoms with van der Waals surface area (Å²) in [6.07, 6.45) is 12.0. The van der Waals surface area contributed by atoms with Gasteiger partial charge in [0.25, 0.3) is 0 Å². The lowest BCUT2D eigenvalue weighted by molar-refractivity contribution is 0.102. The summed E-state index contributed by atoms with van der Waals surface area (Å²) in [4.78, 5) is 20.9. The lowest BCUT2D eigenvalue weighted by atomic mass is 9.97. The van der Waals surface area contributed by atoms with Crippen molar-refractivity contribution in [3.8, 4) is 0 Å². The molecule has 0 saturated carbocycles. The van der Waals surface area contributed by atoms with Crippen molar-refractivity contribution < 1.29 is 4.79 Å². The summed E-state index contributed by atoms with van der Waals surface area (Å²) in [5.74, 6) is 0.521. The summed E-state index contributed by atoms with van der Waals surface area (Å²) in [5.41, 5.74) is 4.65. The Balaban J connectivity index is 1.64. The van der Waals surface area contributed by atoms with Crippen LogP contribution in [-0.4, -0.2) is 26.1 Å². The molecule has 1 aliphatic carbocycles. The molecule has 4 nitrogen and oxygen atoms in total. The summed E-state index contributed by atoms with van der Waals surface area (Å²) in [7, 11) is 0. The standard InChI is InChI=1S/C20H25N3OS/c1-15-13-18(19(24)14-25-20-21-10-6-11-22-20)16(2)23(15)12-9-17-7-4-3-5-8-17/h6-7,10-11,13H,3-5,8-9,12,14H2,1-2H3. The van der Waals surface area contributed by atoms with Crippen LogP contribution in [0.1, 0.15) is 53.8 Å². The first-order valence-corrected chi connectivity index (χ1v) is 9.91. The molecule has 0 N–H and O–H groups in total. The van der Waals surface area contributed by atoms with E-state index in [4.69, 9.17) is 0 Å². The van der Waals surface area contributed by atoms with E-state index in [0.717, 1.165) is 24.2 Å². The Morgan fingerprint density at radius 2 is 2.04 bits per heavy atom. The minimum Gasteiger partial charge on any atom is -0.348 e. The number of carbonyl (C=O) groups is 1. The fourth-order valence-corrected chi connectivity index (χ4v) is 4.07. The van der Waals surface area contributed by atoms with Crippen LogP contribution in [0.15, 0.2) is 41.3 Å². The van der Waals surface area contributed by atoms with E-state index >= 15 is 0 Å². The van der Waals surface area contributed by atoms with E-state index in [1.54, 1.807) is 24.0 Å². The number of Topliss-reactive ketones (excluding diaryl/α,β-unsaturated/α-hetero) is 1. The minimum atomic E-state index is 0.147. The van der Waals surface area contributed by atoms with Gasteiger partial charge >= 0.3 is 0 Å². The molecule has 2 aromatic rings. The van der Waals surface area contributed by atoms with Crippen molar-refractivity contribution in [2.75, 3.05) is 5.75 Å². The van der Waals surface area contributed by atoms with Gasteiger partial charge in [-0.1, -0.05) is 23.4 Å². The van der Waals surface area contributed by atoms with Crippen LogP contribution in [0, 0.1) is 13.8 Å². The van der Waals surface area contributed by atoms with Crippen molar-refractivity contribution in [2.24, 2.45) is 0 Å². The highest BCUT2D eigenvalue weighted by molar-refractivity contribution is 7.99. The molecule has 0 aromatic carbocycles. The molecule has 0 saturated heterocycles. The molecule has 0 spiro atoms. The van der Waals surface area contributed by atoms with Crippen LogP contribution < -0.4 is 0 Å². The third kappa shape index (κ3) is 4.60. The number of aryl methyl sites for hydroxylation is 1. The molecular formula is C20H25N3OS. The van der Waals surface area contributed by atoms with E-state index in [-0.39, 0.29) is 5.78 Å². The Labute approximate surface area is 153 Å². The number of carbonyl (C=O) groups excluding carboxylic acids is 1. The summed E-state index contributed by atoms with van der Waals surface area (Å²) in [6, 6.07) is 3.81. The fraction of sp³-hybridized carbons (Fsp3) is 0.450. The summed E-state index contributed by atoms with van der Waals surface area (Å²) in [6.45, 7) is 5.11.